The molecule has 0 aromatic heterocycles. The fraction of sp³-hybridized carbons (Fsp3) is 0.929. The first-order valence-electron chi connectivity index (χ1n) is 7.46. The molecule has 0 aliphatic rings. The van der Waals surface area contributed by atoms with Crippen LogP contribution in [0.25, 0.3) is 0 Å². The predicted octanol–water partition coefficient (Wildman–Crippen LogP) is 4.03. The van der Waals surface area contributed by atoms with E-state index < -0.39 is 5.97 Å². The number of carboxylic acid groups (broad SMARTS) is 1. The van der Waals surface area contributed by atoms with Gasteiger partial charge < -0.3 is 5.11 Å². The summed E-state index contributed by atoms with van der Waals surface area (Å²) in [4.78, 5) is 20.1. The number of hydrogen-bond donors (Lipinski definition) is 1. The van der Waals surface area contributed by atoms with Gasteiger partial charge in [-0.25, -0.2) is 0 Å². The Kier molecular flexibility index (Phi) is 12.5. The van der Waals surface area contributed by atoms with Crippen LogP contribution in [0.5, 0.6) is 0 Å². The zero-order chi connectivity index (χ0) is 14.3. The topological polar surface area (TPSA) is 80.4 Å². The highest BCUT2D eigenvalue weighted by Gasteiger charge is 1.98. The molecule has 0 rings (SSSR count). The molecule has 1 N–H and O–H groups in total. The van der Waals surface area contributed by atoms with Crippen LogP contribution in [0.4, 0.5) is 0 Å². The molecule has 5 nitrogen and oxygen atoms in total. The van der Waals surface area contributed by atoms with Crippen molar-refractivity contribution in [3.63, 3.8) is 0 Å². The molecule has 0 aliphatic carbocycles. The normalized spacial score (nSPS) is 10.5. The Labute approximate surface area is 115 Å². The van der Waals surface area contributed by atoms with Crippen molar-refractivity contribution >= 4 is 5.97 Å². The van der Waals surface area contributed by atoms with Gasteiger partial charge in [-0.15, -0.1) is 0 Å². The number of nitrogens with zero attached hydrogens (tertiary/aromatic N) is 1. The van der Waals surface area contributed by atoms with Crippen LogP contribution < -0.4 is 0 Å². The molecule has 0 aromatic rings. The molecule has 19 heavy (non-hydrogen) atoms. The summed E-state index contributed by atoms with van der Waals surface area (Å²) in [5.74, 6) is -0.697. The molecule has 5 heteroatoms. The molecule has 0 heterocycles. The molecule has 0 unspecified atom stereocenters. The molecule has 0 fully saturated rings. The van der Waals surface area contributed by atoms with Gasteiger partial charge in [-0.05, 0) is 12.8 Å². The average Bonchev–Trinajstić information content (AvgIpc) is 2.34. The SMILES string of the molecule is O=C(O)CCCCCCCCCCCCC[N+](=O)[O-]. The monoisotopic (exact) mass is 273 g/mol. The lowest BCUT2D eigenvalue weighted by molar-refractivity contribution is -0.480. The van der Waals surface area contributed by atoms with Gasteiger partial charge in [0.05, 0.1) is 0 Å². The lowest BCUT2D eigenvalue weighted by atomic mass is 10.1. The van der Waals surface area contributed by atoms with Crippen molar-refractivity contribution in [3.05, 3.63) is 10.1 Å². The maximum absolute atomic E-state index is 10.3. The minimum atomic E-state index is -0.697. The fourth-order valence-electron chi connectivity index (χ4n) is 2.11. The van der Waals surface area contributed by atoms with Gasteiger partial charge in [0.2, 0.25) is 6.54 Å². The molecule has 0 saturated carbocycles. The van der Waals surface area contributed by atoms with Gasteiger partial charge >= 0.3 is 5.97 Å². The Balaban J connectivity index is 2.99. The van der Waals surface area contributed by atoms with Crippen LogP contribution in [0.2, 0.25) is 0 Å². The van der Waals surface area contributed by atoms with Gasteiger partial charge in [0.25, 0.3) is 0 Å². The molecule has 0 saturated heterocycles. The van der Waals surface area contributed by atoms with Gasteiger partial charge in [0.15, 0.2) is 0 Å². The fourth-order valence-corrected chi connectivity index (χ4v) is 2.11. The number of rotatable bonds is 14. The maximum atomic E-state index is 10.3. The predicted molar refractivity (Wildman–Crippen MR) is 74.9 cm³/mol. The summed E-state index contributed by atoms with van der Waals surface area (Å²) in [6, 6.07) is 0. The van der Waals surface area contributed by atoms with E-state index in [1.165, 1.54) is 32.1 Å². The van der Waals surface area contributed by atoms with E-state index in [9.17, 15) is 14.9 Å². The Morgan fingerprint density at radius 1 is 0.789 bits per heavy atom. The van der Waals surface area contributed by atoms with E-state index in [0.29, 0.717) is 12.8 Å². The molecule has 0 amide bonds. The van der Waals surface area contributed by atoms with Crippen LogP contribution in [0.3, 0.4) is 0 Å². The van der Waals surface area contributed by atoms with Crippen molar-refractivity contribution in [3.8, 4) is 0 Å². The number of aliphatic carboxylic acids is 1. The lowest BCUT2D eigenvalue weighted by Crippen LogP contribution is -1.99. The molecule has 0 aliphatic heterocycles. The number of nitro groups is 1. The van der Waals surface area contributed by atoms with Crippen LogP contribution in [-0.2, 0) is 4.79 Å². The van der Waals surface area contributed by atoms with Crippen LogP contribution in [0, 0.1) is 10.1 Å². The van der Waals surface area contributed by atoms with Crippen LogP contribution in [0.15, 0.2) is 0 Å². The van der Waals surface area contributed by atoms with Gasteiger partial charge in [-0.1, -0.05) is 51.4 Å². The van der Waals surface area contributed by atoms with Crippen molar-refractivity contribution in [1.29, 1.82) is 0 Å². The van der Waals surface area contributed by atoms with Crippen molar-refractivity contribution in [2.75, 3.05) is 6.54 Å². The van der Waals surface area contributed by atoms with Gasteiger partial charge in [0.1, 0.15) is 0 Å². The van der Waals surface area contributed by atoms with E-state index in [4.69, 9.17) is 5.11 Å². The van der Waals surface area contributed by atoms with Crippen LogP contribution in [0.1, 0.15) is 77.0 Å². The number of carbonyl (C=O) groups is 1. The standard InChI is InChI=1S/C14H27NO4/c16-14(17)12-10-8-6-4-2-1-3-5-7-9-11-13-15(18)19/h1-13H2,(H,16,17). The quantitative estimate of drug-likeness (QED) is 0.294. The third kappa shape index (κ3) is 16.9. The second-order valence-corrected chi connectivity index (χ2v) is 5.09. The maximum Gasteiger partial charge on any atom is 0.303 e. The van der Waals surface area contributed by atoms with Crippen molar-refractivity contribution in [2.45, 2.75) is 77.0 Å². The average molecular weight is 273 g/mol. The van der Waals surface area contributed by atoms with Crippen LogP contribution >= 0.6 is 0 Å². The van der Waals surface area contributed by atoms with Gasteiger partial charge in [-0.3, -0.25) is 14.9 Å². The smallest absolute Gasteiger partial charge is 0.303 e. The summed E-state index contributed by atoms with van der Waals surface area (Å²) in [7, 11) is 0. The largest absolute Gasteiger partial charge is 0.481 e. The minimum absolute atomic E-state index is 0.107. The first-order valence-corrected chi connectivity index (χ1v) is 7.46. The Morgan fingerprint density at radius 3 is 1.53 bits per heavy atom. The molecule has 0 radical (unpaired) electrons. The highest BCUT2D eigenvalue weighted by atomic mass is 16.6. The first-order chi connectivity index (χ1) is 9.13. The van der Waals surface area contributed by atoms with E-state index in [0.717, 1.165) is 32.1 Å². The molecular formula is C14H27NO4. The molecular weight excluding hydrogens is 246 g/mol. The first kappa shape index (κ1) is 17.9. The third-order valence-corrected chi connectivity index (χ3v) is 3.23. The Bertz CT molecular complexity index is 220. The summed E-state index contributed by atoms with van der Waals surface area (Å²) in [5.41, 5.74) is 0. The molecule has 0 aromatic carbocycles. The van der Waals surface area contributed by atoms with Crippen molar-refractivity contribution in [1.82, 2.24) is 0 Å². The number of hydrogen-bond acceptors (Lipinski definition) is 3. The molecule has 0 bridgehead atoms. The minimum Gasteiger partial charge on any atom is -0.481 e. The summed E-state index contributed by atoms with van der Waals surface area (Å²) in [5, 5.41) is 18.6. The summed E-state index contributed by atoms with van der Waals surface area (Å²) >= 11 is 0. The Hall–Kier alpha value is -1.13. The number of unbranched alkanes of at least 4 members (excludes halogenated alkanes) is 10. The van der Waals surface area contributed by atoms with Crippen LogP contribution in [-0.4, -0.2) is 22.5 Å². The summed E-state index contributed by atoms with van der Waals surface area (Å²) in [6.45, 7) is 0.107. The van der Waals surface area contributed by atoms with E-state index in [1.54, 1.807) is 0 Å². The summed E-state index contributed by atoms with van der Waals surface area (Å²) in [6.07, 6.45) is 12.1. The zero-order valence-corrected chi connectivity index (χ0v) is 11.8. The lowest BCUT2D eigenvalue weighted by Gasteiger charge is -2.01. The Morgan fingerprint density at radius 2 is 1.16 bits per heavy atom. The highest BCUT2D eigenvalue weighted by Crippen LogP contribution is 2.11. The van der Waals surface area contributed by atoms with E-state index in [1.807, 2.05) is 0 Å². The second kappa shape index (κ2) is 13.3. The van der Waals surface area contributed by atoms with E-state index in [2.05, 4.69) is 0 Å². The zero-order valence-electron chi connectivity index (χ0n) is 11.8. The van der Waals surface area contributed by atoms with Gasteiger partial charge in [0, 0.05) is 17.8 Å². The van der Waals surface area contributed by atoms with E-state index in [-0.39, 0.29) is 11.5 Å². The second-order valence-electron chi connectivity index (χ2n) is 5.09. The number of carboxylic acids is 1. The van der Waals surface area contributed by atoms with Gasteiger partial charge in [-0.2, -0.15) is 0 Å². The van der Waals surface area contributed by atoms with Crippen molar-refractivity contribution in [2.24, 2.45) is 0 Å². The molecule has 112 valence electrons. The highest BCUT2D eigenvalue weighted by molar-refractivity contribution is 5.66. The summed E-state index contributed by atoms with van der Waals surface area (Å²) < 4.78 is 0. The molecule has 0 spiro atoms. The third-order valence-electron chi connectivity index (χ3n) is 3.23. The van der Waals surface area contributed by atoms with E-state index >= 15 is 0 Å². The van der Waals surface area contributed by atoms with Crippen molar-refractivity contribution < 1.29 is 14.8 Å². The molecule has 0 atom stereocenters.